The van der Waals surface area contributed by atoms with Crippen LogP contribution >= 0.6 is 11.6 Å². The Morgan fingerprint density at radius 2 is 2.08 bits per heavy atom. The highest BCUT2D eigenvalue weighted by atomic mass is 35.5. The third kappa shape index (κ3) is 3.01. The molecule has 0 aromatic carbocycles. The van der Waals surface area contributed by atoms with E-state index in [9.17, 15) is 9.59 Å². The van der Waals surface area contributed by atoms with Crippen LogP contribution in [0.5, 0.6) is 0 Å². The molecule has 24 heavy (non-hydrogen) atoms. The van der Waals surface area contributed by atoms with E-state index in [1.165, 1.54) is 11.6 Å². The average Bonchev–Trinajstić information content (AvgIpc) is 3.01. The van der Waals surface area contributed by atoms with Gasteiger partial charge in [0.25, 0.3) is 5.56 Å². The Balaban J connectivity index is 1.86. The largest absolute Gasteiger partial charge is 0.332 e. The van der Waals surface area contributed by atoms with Crippen LogP contribution in [0.2, 0.25) is 0 Å². The molecule has 1 aliphatic rings. The third-order valence-corrected chi connectivity index (χ3v) is 4.98. The van der Waals surface area contributed by atoms with E-state index in [-0.39, 0.29) is 11.2 Å². The fourth-order valence-corrected chi connectivity index (χ4v) is 3.56. The van der Waals surface area contributed by atoms with Crippen molar-refractivity contribution < 1.29 is 0 Å². The van der Waals surface area contributed by atoms with Gasteiger partial charge in [-0.1, -0.05) is 0 Å². The Morgan fingerprint density at radius 3 is 2.83 bits per heavy atom. The first-order chi connectivity index (χ1) is 11.5. The van der Waals surface area contributed by atoms with E-state index in [2.05, 4.69) is 15.2 Å². The van der Waals surface area contributed by atoms with Crippen molar-refractivity contribution in [2.24, 2.45) is 14.1 Å². The Labute approximate surface area is 144 Å². The first-order valence-corrected chi connectivity index (χ1v) is 8.69. The van der Waals surface area contributed by atoms with Crippen LogP contribution in [0.1, 0.15) is 6.42 Å². The molecule has 0 saturated carbocycles. The van der Waals surface area contributed by atoms with Gasteiger partial charge < -0.3 is 9.88 Å². The van der Waals surface area contributed by atoms with Gasteiger partial charge in [-0.2, -0.15) is 0 Å². The highest BCUT2D eigenvalue weighted by molar-refractivity contribution is 6.17. The molecule has 3 heterocycles. The Bertz CT molecular complexity index is 837. The number of halogens is 1. The van der Waals surface area contributed by atoms with Crippen molar-refractivity contribution in [3.05, 3.63) is 27.2 Å². The predicted molar refractivity (Wildman–Crippen MR) is 93.8 cm³/mol. The molecule has 1 saturated heterocycles. The zero-order chi connectivity index (χ0) is 17.3. The molecule has 2 aromatic heterocycles. The van der Waals surface area contributed by atoms with E-state index < -0.39 is 0 Å². The normalized spacial score (nSPS) is 19.2. The van der Waals surface area contributed by atoms with Crippen molar-refractivity contribution in [3.63, 3.8) is 0 Å². The van der Waals surface area contributed by atoms with Crippen molar-refractivity contribution >= 4 is 22.8 Å². The summed E-state index contributed by atoms with van der Waals surface area (Å²) in [5.41, 5.74) is 0.245. The first kappa shape index (κ1) is 17.2. The van der Waals surface area contributed by atoms with Crippen LogP contribution in [0.4, 0.5) is 0 Å². The summed E-state index contributed by atoms with van der Waals surface area (Å²) >= 11 is 5.90. The molecule has 0 spiro atoms. The van der Waals surface area contributed by atoms with Gasteiger partial charge >= 0.3 is 5.69 Å². The summed E-state index contributed by atoms with van der Waals surface area (Å²) in [6.07, 6.45) is 2.58. The quantitative estimate of drug-likeness (QED) is 0.721. The number of fused-ring (bicyclic) bond motifs is 1. The number of hydrogen-bond donors (Lipinski definition) is 1. The molecule has 0 aliphatic carbocycles. The second kappa shape index (κ2) is 7.08. The highest BCUT2D eigenvalue weighted by Gasteiger charge is 2.22. The molecule has 3 rings (SSSR count). The van der Waals surface area contributed by atoms with Crippen molar-refractivity contribution in [3.8, 4) is 0 Å². The zero-order valence-electron chi connectivity index (χ0n) is 14.0. The Morgan fingerprint density at radius 1 is 1.29 bits per heavy atom. The lowest BCUT2D eigenvalue weighted by Gasteiger charge is -2.36. The van der Waals surface area contributed by atoms with Gasteiger partial charge in [-0.3, -0.25) is 18.8 Å². The molecule has 1 fully saturated rings. The lowest BCUT2D eigenvalue weighted by atomic mass is 10.1. The number of nitrogens with one attached hydrogen (secondary N) is 1. The van der Waals surface area contributed by atoms with Crippen molar-refractivity contribution in [1.29, 1.82) is 0 Å². The van der Waals surface area contributed by atoms with Crippen LogP contribution in [0.15, 0.2) is 15.9 Å². The number of imidazole rings is 1. The fraction of sp³-hybridized carbons (Fsp3) is 0.667. The molecule has 0 amide bonds. The molecule has 2 aromatic rings. The maximum absolute atomic E-state index is 12.4. The second-order valence-electron chi connectivity index (χ2n) is 6.19. The summed E-state index contributed by atoms with van der Waals surface area (Å²) < 4.78 is 4.38. The molecule has 1 atom stereocenters. The van der Waals surface area contributed by atoms with Crippen molar-refractivity contribution in [2.45, 2.75) is 19.0 Å². The number of rotatable bonds is 5. The molecule has 8 nitrogen and oxygen atoms in total. The van der Waals surface area contributed by atoms with Gasteiger partial charge in [0.15, 0.2) is 11.2 Å². The van der Waals surface area contributed by atoms with E-state index >= 15 is 0 Å². The number of aromatic nitrogens is 4. The van der Waals surface area contributed by atoms with Crippen molar-refractivity contribution in [1.82, 2.24) is 28.9 Å². The summed E-state index contributed by atoms with van der Waals surface area (Å²) in [6, 6.07) is 0.415. The van der Waals surface area contributed by atoms with Crippen molar-refractivity contribution in [2.75, 3.05) is 32.1 Å². The van der Waals surface area contributed by atoms with Crippen LogP contribution in [0.25, 0.3) is 11.2 Å². The molecule has 9 heteroatoms. The molecular formula is C15H23ClN6O2. The van der Waals surface area contributed by atoms with Gasteiger partial charge in [0.05, 0.1) is 6.33 Å². The van der Waals surface area contributed by atoms with E-state index in [1.807, 2.05) is 4.57 Å². The topological polar surface area (TPSA) is 77.1 Å². The number of hydrogen-bond acceptors (Lipinski definition) is 5. The minimum atomic E-state index is -0.359. The van der Waals surface area contributed by atoms with Crippen LogP contribution < -0.4 is 16.6 Å². The monoisotopic (exact) mass is 354 g/mol. The summed E-state index contributed by atoms with van der Waals surface area (Å²) in [5.74, 6) is 0.638. The molecular weight excluding hydrogens is 332 g/mol. The van der Waals surface area contributed by atoms with E-state index in [0.29, 0.717) is 29.6 Å². The van der Waals surface area contributed by atoms with Gasteiger partial charge in [0, 0.05) is 58.7 Å². The van der Waals surface area contributed by atoms with E-state index in [1.54, 1.807) is 13.4 Å². The lowest BCUT2D eigenvalue weighted by Crippen LogP contribution is -2.52. The maximum atomic E-state index is 12.4. The molecule has 1 N–H and O–H groups in total. The van der Waals surface area contributed by atoms with E-state index in [4.69, 9.17) is 11.6 Å². The number of nitrogens with zero attached hydrogens (tertiary/aromatic N) is 5. The molecule has 0 radical (unpaired) electrons. The maximum Gasteiger partial charge on any atom is 0.332 e. The lowest BCUT2D eigenvalue weighted by molar-refractivity contribution is 0.152. The fourth-order valence-electron chi connectivity index (χ4n) is 3.31. The van der Waals surface area contributed by atoms with Crippen LogP contribution in [-0.4, -0.2) is 61.7 Å². The molecule has 1 aliphatic heterocycles. The Kier molecular flexibility index (Phi) is 5.07. The smallest absolute Gasteiger partial charge is 0.323 e. The van der Waals surface area contributed by atoms with Gasteiger partial charge in [-0.15, -0.1) is 11.6 Å². The molecule has 132 valence electrons. The van der Waals surface area contributed by atoms with Crippen LogP contribution in [-0.2, 0) is 20.6 Å². The zero-order valence-corrected chi connectivity index (χ0v) is 14.8. The minimum absolute atomic E-state index is 0.303. The summed E-state index contributed by atoms with van der Waals surface area (Å²) in [7, 11) is 3.13. The molecule has 1 unspecified atom stereocenters. The number of alkyl halides is 1. The third-order valence-electron chi connectivity index (χ3n) is 4.76. The Hall–Kier alpha value is -1.64. The number of aryl methyl sites for hydroxylation is 1. The van der Waals surface area contributed by atoms with E-state index in [0.717, 1.165) is 37.2 Å². The van der Waals surface area contributed by atoms with Gasteiger partial charge in [-0.25, -0.2) is 9.78 Å². The standard InChI is InChI=1S/C15H23ClN6O2/c1-19-13-12(14(23)20(2)15(19)24)22(10-18-13)8-7-21-6-5-17-9-11(21)3-4-16/h10-11,17H,3-9H2,1-2H3. The average molecular weight is 355 g/mol. The summed E-state index contributed by atoms with van der Waals surface area (Å²) in [5, 5.41) is 3.39. The number of piperazine rings is 1. The SMILES string of the molecule is Cn1c(=O)c2c(ncn2CCN2CCNCC2CCCl)n(C)c1=O. The van der Waals surface area contributed by atoms with Gasteiger partial charge in [0.2, 0.25) is 0 Å². The first-order valence-electron chi connectivity index (χ1n) is 8.16. The molecule has 0 bridgehead atoms. The summed E-state index contributed by atoms with van der Waals surface area (Å²) in [6.45, 7) is 4.33. The van der Waals surface area contributed by atoms with Crippen LogP contribution in [0, 0.1) is 0 Å². The minimum Gasteiger partial charge on any atom is -0.323 e. The highest BCUT2D eigenvalue weighted by Crippen LogP contribution is 2.10. The predicted octanol–water partition coefficient (Wildman–Crippen LogP) is -0.664. The van der Waals surface area contributed by atoms with Gasteiger partial charge in [-0.05, 0) is 6.42 Å². The summed E-state index contributed by atoms with van der Waals surface area (Å²) in [4.78, 5) is 31.1. The van der Waals surface area contributed by atoms with Gasteiger partial charge in [0.1, 0.15) is 0 Å². The van der Waals surface area contributed by atoms with Crippen LogP contribution in [0.3, 0.4) is 0 Å². The second-order valence-corrected chi connectivity index (χ2v) is 6.57.